The largest absolute Gasteiger partial charge is 0.416 e. The van der Waals surface area contributed by atoms with Crippen molar-refractivity contribution in [1.82, 2.24) is 9.97 Å². The number of anilines is 1. The highest BCUT2D eigenvalue weighted by Gasteiger charge is 2.37. The molecule has 0 aliphatic heterocycles. The molecule has 0 aliphatic rings. The fourth-order valence-electron chi connectivity index (χ4n) is 2.30. The van der Waals surface area contributed by atoms with Crippen LogP contribution in [0.4, 0.5) is 32.0 Å². The Balaban J connectivity index is 1.96. The van der Waals surface area contributed by atoms with Gasteiger partial charge >= 0.3 is 12.4 Å². The van der Waals surface area contributed by atoms with Gasteiger partial charge in [0.1, 0.15) is 5.69 Å². The summed E-state index contributed by atoms with van der Waals surface area (Å²) >= 11 is 0. The molecule has 2 heterocycles. The highest BCUT2D eigenvalue weighted by atomic mass is 19.4. The number of H-pyrrole nitrogens is 1. The molecule has 0 saturated carbocycles. The molecule has 0 aliphatic carbocycles. The fourth-order valence-corrected chi connectivity index (χ4v) is 2.30. The number of aromatic amines is 1. The maximum Gasteiger partial charge on any atom is 0.416 e. The van der Waals surface area contributed by atoms with Gasteiger partial charge in [-0.3, -0.25) is 9.78 Å². The van der Waals surface area contributed by atoms with Crippen LogP contribution in [0.5, 0.6) is 0 Å². The molecule has 10 heteroatoms. The number of carbonyl (C=O) groups is 1. The van der Waals surface area contributed by atoms with E-state index < -0.39 is 35.1 Å². The molecule has 1 amide bonds. The van der Waals surface area contributed by atoms with Gasteiger partial charge in [-0.2, -0.15) is 26.3 Å². The third kappa shape index (κ3) is 3.63. The van der Waals surface area contributed by atoms with Crippen molar-refractivity contribution >= 4 is 22.6 Å². The van der Waals surface area contributed by atoms with E-state index in [4.69, 9.17) is 0 Å². The monoisotopic (exact) mass is 373 g/mol. The summed E-state index contributed by atoms with van der Waals surface area (Å²) in [5, 5.41) is 2.05. The molecule has 2 aromatic heterocycles. The second kappa shape index (κ2) is 6.04. The minimum Gasteiger partial charge on any atom is -0.349 e. The molecule has 0 fully saturated rings. The fraction of sp³-hybridized carbons (Fsp3) is 0.125. The quantitative estimate of drug-likeness (QED) is 0.631. The SMILES string of the molecule is O=C(Nc1cc(C(F)(F)F)cc(C(F)(F)F)c1)c1cc2ncccc2[nH]1. The summed E-state index contributed by atoms with van der Waals surface area (Å²) in [6.45, 7) is 0. The van der Waals surface area contributed by atoms with Crippen LogP contribution in [0.15, 0.2) is 42.6 Å². The summed E-state index contributed by atoms with van der Waals surface area (Å²) in [6, 6.07) is 5.42. The van der Waals surface area contributed by atoms with Gasteiger partial charge in [0, 0.05) is 11.9 Å². The molecule has 0 saturated heterocycles. The van der Waals surface area contributed by atoms with Crippen LogP contribution in [0.3, 0.4) is 0 Å². The number of halogens is 6. The molecule has 3 aromatic rings. The van der Waals surface area contributed by atoms with Crippen LogP contribution < -0.4 is 5.32 Å². The number of nitrogens with one attached hydrogen (secondary N) is 2. The summed E-state index contributed by atoms with van der Waals surface area (Å²) in [6.07, 6.45) is -8.52. The van der Waals surface area contributed by atoms with E-state index in [0.29, 0.717) is 23.2 Å². The Morgan fingerprint density at radius 1 is 0.962 bits per heavy atom. The average Bonchev–Trinajstić information content (AvgIpc) is 2.97. The predicted molar refractivity (Wildman–Crippen MR) is 80.5 cm³/mol. The summed E-state index contributed by atoms with van der Waals surface area (Å²) in [7, 11) is 0. The van der Waals surface area contributed by atoms with E-state index in [1.54, 1.807) is 12.1 Å². The second-order valence-electron chi connectivity index (χ2n) is 5.37. The number of hydrogen-bond donors (Lipinski definition) is 2. The molecule has 0 radical (unpaired) electrons. The van der Waals surface area contributed by atoms with Crippen LogP contribution in [0.25, 0.3) is 11.0 Å². The first kappa shape index (κ1) is 17.8. The van der Waals surface area contributed by atoms with Crippen LogP contribution in [-0.4, -0.2) is 15.9 Å². The van der Waals surface area contributed by atoms with Crippen molar-refractivity contribution in [1.29, 1.82) is 0 Å². The van der Waals surface area contributed by atoms with Crippen molar-refractivity contribution in [3.63, 3.8) is 0 Å². The van der Waals surface area contributed by atoms with Crippen LogP contribution >= 0.6 is 0 Å². The lowest BCUT2D eigenvalue weighted by Crippen LogP contribution is -2.16. The molecule has 3 rings (SSSR count). The van der Waals surface area contributed by atoms with Crippen molar-refractivity contribution < 1.29 is 31.1 Å². The van der Waals surface area contributed by atoms with Gasteiger partial charge in [0.05, 0.1) is 22.2 Å². The average molecular weight is 373 g/mol. The van der Waals surface area contributed by atoms with Gasteiger partial charge in [0.2, 0.25) is 0 Å². The van der Waals surface area contributed by atoms with Crippen LogP contribution in [0.2, 0.25) is 0 Å². The van der Waals surface area contributed by atoms with Gasteiger partial charge in [-0.1, -0.05) is 0 Å². The van der Waals surface area contributed by atoms with Crippen LogP contribution in [-0.2, 0) is 12.4 Å². The molecule has 1 aromatic carbocycles. The maximum absolute atomic E-state index is 12.8. The minimum atomic E-state index is -4.99. The summed E-state index contributed by atoms with van der Waals surface area (Å²) in [5.41, 5.74) is -2.77. The minimum absolute atomic E-state index is 0.0114. The Hall–Kier alpha value is -3.04. The number of fused-ring (bicyclic) bond motifs is 1. The summed E-state index contributed by atoms with van der Waals surface area (Å²) in [5.74, 6) is -0.893. The number of benzene rings is 1. The molecule has 2 N–H and O–H groups in total. The molecule has 26 heavy (non-hydrogen) atoms. The van der Waals surface area contributed by atoms with E-state index in [9.17, 15) is 31.1 Å². The molecule has 4 nitrogen and oxygen atoms in total. The topological polar surface area (TPSA) is 57.8 Å². The van der Waals surface area contributed by atoms with E-state index in [2.05, 4.69) is 9.97 Å². The van der Waals surface area contributed by atoms with E-state index in [-0.39, 0.29) is 11.8 Å². The first-order chi connectivity index (χ1) is 12.0. The lowest BCUT2D eigenvalue weighted by atomic mass is 10.1. The Morgan fingerprint density at radius 2 is 1.58 bits per heavy atom. The summed E-state index contributed by atoms with van der Waals surface area (Å²) < 4.78 is 77.0. The lowest BCUT2D eigenvalue weighted by molar-refractivity contribution is -0.143. The van der Waals surface area contributed by atoms with E-state index in [1.807, 2.05) is 5.32 Å². The molecule has 0 unspecified atom stereocenters. The Labute approximate surface area is 141 Å². The van der Waals surface area contributed by atoms with Gasteiger partial charge in [0.15, 0.2) is 0 Å². The third-order valence-corrected chi connectivity index (χ3v) is 3.48. The Bertz CT molecular complexity index is 909. The first-order valence-corrected chi connectivity index (χ1v) is 7.08. The normalized spacial score (nSPS) is 12.4. The smallest absolute Gasteiger partial charge is 0.349 e. The van der Waals surface area contributed by atoms with Crippen LogP contribution in [0.1, 0.15) is 21.6 Å². The number of nitrogens with zero attached hydrogens (tertiary/aromatic N) is 1. The number of amides is 1. The first-order valence-electron chi connectivity index (χ1n) is 7.08. The van der Waals surface area contributed by atoms with Gasteiger partial charge in [-0.25, -0.2) is 0 Å². The number of alkyl halides is 6. The zero-order valence-corrected chi connectivity index (χ0v) is 12.7. The molecule has 0 atom stereocenters. The molecule has 0 spiro atoms. The standard InChI is InChI=1S/C16H9F6N3O/c17-15(18,19)8-4-9(16(20,21)22)6-10(5-8)24-14(26)13-7-12-11(25-13)2-1-3-23-12/h1-7,25H,(H,24,26). The van der Waals surface area contributed by atoms with Crippen LogP contribution in [0, 0.1) is 0 Å². The Morgan fingerprint density at radius 3 is 2.12 bits per heavy atom. The number of hydrogen-bond acceptors (Lipinski definition) is 2. The number of rotatable bonds is 2. The van der Waals surface area contributed by atoms with Crippen molar-refractivity contribution in [2.45, 2.75) is 12.4 Å². The van der Waals surface area contributed by atoms with Crippen molar-refractivity contribution in [3.05, 3.63) is 59.4 Å². The molecule has 0 bridgehead atoms. The van der Waals surface area contributed by atoms with E-state index in [1.165, 1.54) is 12.3 Å². The van der Waals surface area contributed by atoms with Crippen molar-refractivity contribution in [2.24, 2.45) is 0 Å². The van der Waals surface area contributed by atoms with E-state index in [0.717, 1.165) is 0 Å². The van der Waals surface area contributed by atoms with E-state index >= 15 is 0 Å². The van der Waals surface area contributed by atoms with Gasteiger partial charge < -0.3 is 10.3 Å². The zero-order chi connectivity index (χ0) is 19.1. The predicted octanol–water partition coefficient (Wildman–Crippen LogP) is 4.85. The van der Waals surface area contributed by atoms with Gasteiger partial charge in [-0.15, -0.1) is 0 Å². The lowest BCUT2D eigenvalue weighted by Gasteiger charge is -2.14. The number of pyridine rings is 1. The van der Waals surface area contributed by atoms with Gasteiger partial charge in [0.25, 0.3) is 5.91 Å². The number of carbonyl (C=O) groups excluding carboxylic acids is 1. The van der Waals surface area contributed by atoms with Crippen molar-refractivity contribution in [2.75, 3.05) is 5.32 Å². The summed E-state index contributed by atoms with van der Waals surface area (Å²) in [4.78, 5) is 18.8. The number of aromatic nitrogens is 2. The highest BCUT2D eigenvalue weighted by Crippen LogP contribution is 2.37. The molecular formula is C16H9F6N3O. The zero-order valence-electron chi connectivity index (χ0n) is 12.7. The Kier molecular flexibility index (Phi) is 4.13. The third-order valence-electron chi connectivity index (χ3n) is 3.48. The second-order valence-corrected chi connectivity index (χ2v) is 5.37. The van der Waals surface area contributed by atoms with Crippen molar-refractivity contribution in [3.8, 4) is 0 Å². The molecular weight excluding hydrogens is 364 g/mol. The molecule has 136 valence electrons. The maximum atomic E-state index is 12.8. The highest BCUT2D eigenvalue weighted by molar-refractivity contribution is 6.05. The van der Waals surface area contributed by atoms with Gasteiger partial charge in [-0.05, 0) is 36.4 Å².